The van der Waals surface area contributed by atoms with Crippen molar-refractivity contribution >= 4 is 17.4 Å². The molecule has 0 bridgehead atoms. The van der Waals surface area contributed by atoms with Gasteiger partial charge in [0.1, 0.15) is 17.3 Å². The maximum atomic E-state index is 9.81. The standard InChI is InChI=1S/C14H22ClN3O/c1-3-11-12(15)16-9-17-13(11)18-14(8-19)6-4-5-10(2)7-14/h9-10,19H,3-8H2,1-2H3,(H,16,17,18). The number of aliphatic hydroxyl groups is 1. The van der Waals surface area contributed by atoms with Crippen LogP contribution in [0.3, 0.4) is 0 Å². The number of hydrogen-bond acceptors (Lipinski definition) is 4. The van der Waals surface area contributed by atoms with E-state index in [2.05, 4.69) is 22.2 Å². The average Bonchev–Trinajstić information content (AvgIpc) is 2.39. The van der Waals surface area contributed by atoms with Gasteiger partial charge in [0.2, 0.25) is 0 Å². The first-order valence-electron chi connectivity index (χ1n) is 6.98. The van der Waals surface area contributed by atoms with Gasteiger partial charge in [-0.3, -0.25) is 0 Å². The van der Waals surface area contributed by atoms with E-state index in [-0.39, 0.29) is 12.1 Å². The summed E-state index contributed by atoms with van der Waals surface area (Å²) in [5, 5.41) is 13.8. The van der Waals surface area contributed by atoms with Crippen LogP contribution in [-0.2, 0) is 6.42 Å². The van der Waals surface area contributed by atoms with Crippen molar-refractivity contribution < 1.29 is 5.11 Å². The Balaban J connectivity index is 2.25. The van der Waals surface area contributed by atoms with E-state index < -0.39 is 0 Å². The van der Waals surface area contributed by atoms with Crippen molar-refractivity contribution in [1.29, 1.82) is 0 Å². The second-order valence-corrected chi connectivity index (χ2v) is 5.97. The summed E-state index contributed by atoms with van der Waals surface area (Å²) in [6.07, 6.45) is 6.55. The summed E-state index contributed by atoms with van der Waals surface area (Å²) >= 11 is 6.11. The first kappa shape index (κ1) is 14.5. The topological polar surface area (TPSA) is 58.0 Å². The highest BCUT2D eigenvalue weighted by molar-refractivity contribution is 6.30. The Kier molecular flexibility index (Phi) is 4.63. The normalized spacial score (nSPS) is 27.3. The quantitative estimate of drug-likeness (QED) is 0.834. The van der Waals surface area contributed by atoms with Gasteiger partial charge in [-0.2, -0.15) is 0 Å². The Morgan fingerprint density at radius 2 is 2.32 bits per heavy atom. The minimum absolute atomic E-state index is 0.127. The van der Waals surface area contributed by atoms with Crippen LogP contribution in [0.2, 0.25) is 5.15 Å². The lowest BCUT2D eigenvalue weighted by atomic mass is 9.77. The fourth-order valence-electron chi connectivity index (χ4n) is 3.02. The third-order valence-corrected chi connectivity index (χ3v) is 4.35. The molecule has 106 valence electrons. The number of rotatable bonds is 4. The molecule has 0 amide bonds. The van der Waals surface area contributed by atoms with E-state index in [0.717, 1.165) is 37.1 Å². The molecule has 1 heterocycles. The summed E-state index contributed by atoms with van der Waals surface area (Å²) in [6, 6.07) is 0. The predicted molar refractivity (Wildman–Crippen MR) is 77.5 cm³/mol. The molecule has 19 heavy (non-hydrogen) atoms. The van der Waals surface area contributed by atoms with Crippen molar-refractivity contribution in [3.8, 4) is 0 Å². The molecule has 1 fully saturated rings. The second-order valence-electron chi connectivity index (χ2n) is 5.61. The molecular weight excluding hydrogens is 262 g/mol. The van der Waals surface area contributed by atoms with Crippen molar-refractivity contribution in [1.82, 2.24) is 9.97 Å². The monoisotopic (exact) mass is 283 g/mol. The number of halogens is 1. The molecule has 4 nitrogen and oxygen atoms in total. The van der Waals surface area contributed by atoms with Gasteiger partial charge in [0, 0.05) is 5.56 Å². The van der Waals surface area contributed by atoms with Gasteiger partial charge >= 0.3 is 0 Å². The maximum absolute atomic E-state index is 9.81. The van der Waals surface area contributed by atoms with Gasteiger partial charge in [0.15, 0.2) is 0 Å². The molecule has 0 spiro atoms. The average molecular weight is 284 g/mol. The molecule has 2 N–H and O–H groups in total. The third-order valence-electron chi connectivity index (χ3n) is 4.02. The van der Waals surface area contributed by atoms with Crippen molar-refractivity contribution in [2.45, 2.75) is 51.5 Å². The SMILES string of the molecule is CCc1c(Cl)ncnc1NC1(CO)CCCC(C)C1. The molecule has 1 aromatic heterocycles. The Morgan fingerprint density at radius 3 is 2.95 bits per heavy atom. The van der Waals surface area contributed by atoms with Crippen LogP contribution in [-0.4, -0.2) is 27.2 Å². The molecule has 1 aliphatic carbocycles. The Labute approximate surface area is 119 Å². The molecule has 0 radical (unpaired) electrons. The number of anilines is 1. The number of hydrogen-bond donors (Lipinski definition) is 2. The largest absolute Gasteiger partial charge is 0.394 e. The van der Waals surface area contributed by atoms with E-state index in [0.29, 0.717) is 11.1 Å². The molecule has 2 atom stereocenters. The number of nitrogens with one attached hydrogen (secondary N) is 1. The fraction of sp³-hybridized carbons (Fsp3) is 0.714. The molecule has 2 unspecified atom stereocenters. The van der Waals surface area contributed by atoms with E-state index in [1.807, 2.05) is 6.92 Å². The fourth-order valence-corrected chi connectivity index (χ4v) is 3.29. The third kappa shape index (κ3) is 3.18. The number of nitrogens with zero attached hydrogens (tertiary/aromatic N) is 2. The van der Waals surface area contributed by atoms with Crippen molar-refractivity contribution in [3.63, 3.8) is 0 Å². The summed E-state index contributed by atoms with van der Waals surface area (Å²) in [5.74, 6) is 1.39. The summed E-state index contributed by atoms with van der Waals surface area (Å²) in [7, 11) is 0. The van der Waals surface area contributed by atoms with E-state index in [1.165, 1.54) is 12.7 Å². The first-order chi connectivity index (χ1) is 9.10. The zero-order chi connectivity index (χ0) is 13.9. The van der Waals surface area contributed by atoms with Gasteiger partial charge in [0.25, 0.3) is 0 Å². The summed E-state index contributed by atoms with van der Waals surface area (Å²) < 4.78 is 0. The highest BCUT2D eigenvalue weighted by atomic mass is 35.5. The van der Waals surface area contributed by atoms with Crippen LogP contribution in [0, 0.1) is 5.92 Å². The lowest BCUT2D eigenvalue weighted by Crippen LogP contribution is -2.46. The summed E-state index contributed by atoms with van der Waals surface area (Å²) in [5.41, 5.74) is 0.662. The van der Waals surface area contributed by atoms with Crippen LogP contribution in [0.4, 0.5) is 5.82 Å². The van der Waals surface area contributed by atoms with Crippen LogP contribution in [0.5, 0.6) is 0 Å². The van der Waals surface area contributed by atoms with E-state index >= 15 is 0 Å². The van der Waals surface area contributed by atoms with E-state index in [4.69, 9.17) is 11.6 Å². The predicted octanol–water partition coefficient (Wildman–Crippen LogP) is 3.05. The lowest BCUT2D eigenvalue weighted by molar-refractivity contribution is 0.149. The van der Waals surface area contributed by atoms with Gasteiger partial charge in [-0.15, -0.1) is 0 Å². The van der Waals surface area contributed by atoms with Gasteiger partial charge in [-0.1, -0.05) is 38.3 Å². The zero-order valence-electron chi connectivity index (χ0n) is 11.6. The van der Waals surface area contributed by atoms with E-state index in [9.17, 15) is 5.11 Å². The molecule has 1 saturated carbocycles. The Hall–Kier alpha value is -0.870. The van der Waals surface area contributed by atoms with Crippen molar-refractivity contribution in [3.05, 3.63) is 17.0 Å². The lowest BCUT2D eigenvalue weighted by Gasteiger charge is -2.40. The minimum Gasteiger partial charge on any atom is -0.394 e. The molecular formula is C14H22ClN3O. The minimum atomic E-state index is -0.265. The summed E-state index contributed by atoms with van der Waals surface area (Å²) in [6.45, 7) is 4.39. The van der Waals surface area contributed by atoms with Crippen LogP contribution < -0.4 is 5.32 Å². The van der Waals surface area contributed by atoms with Crippen molar-refractivity contribution in [2.75, 3.05) is 11.9 Å². The zero-order valence-corrected chi connectivity index (χ0v) is 12.4. The first-order valence-corrected chi connectivity index (χ1v) is 7.36. The van der Waals surface area contributed by atoms with Gasteiger partial charge in [-0.25, -0.2) is 9.97 Å². The highest BCUT2D eigenvalue weighted by Gasteiger charge is 2.35. The molecule has 2 rings (SSSR count). The molecule has 1 aromatic rings. The maximum Gasteiger partial charge on any atom is 0.137 e. The van der Waals surface area contributed by atoms with Gasteiger partial charge in [0.05, 0.1) is 12.1 Å². The molecule has 1 aliphatic rings. The Morgan fingerprint density at radius 1 is 1.53 bits per heavy atom. The van der Waals surface area contributed by atoms with Crippen LogP contribution in [0.15, 0.2) is 6.33 Å². The second kappa shape index (κ2) is 6.06. The highest BCUT2D eigenvalue weighted by Crippen LogP contribution is 2.35. The number of aliphatic hydroxyl groups excluding tert-OH is 1. The van der Waals surface area contributed by atoms with Crippen LogP contribution in [0.1, 0.15) is 45.1 Å². The summed E-state index contributed by atoms with van der Waals surface area (Å²) in [4.78, 5) is 8.32. The molecule has 0 saturated heterocycles. The Bertz CT molecular complexity index is 441. The van der Waals surface area contributed by atoms with Crippen molar-refractivity contribution in [2.24, 2.45) is 5.92 Å². The molecule has 5 heteroatoms. The van der Waals surface area contributed by atoms with E-state index in [1.54, 1.807) is 0 Å². The molecule has 0 aromatic carbocycles. The smallest absolute Gasteiger partial charge is 0.137 e. The molecule has 0 aliphatic heterocycles. The van der Waals surface area contributed by atoms with Crippen LogP contribution in [0.25, 0.3) is 0 Å². The van der Waals surface area contributed by atoms with Gasteiger partial charge in [-0.05, 0) is 25.2 Å². The number of aromatic nitrogens is 2. The van der Waals surface area contributed by atoms with Crippen LogP contribution >= 0.6 is 11.6 Å². The van der Waals surface area contributed by atoms with Gasteiger partial charge < -0.3 is 10.4 Å².